The zero-order chi connectivity index (χ0) is 13.9. The number of phenolic OH excluding ortho intramolecular Hbond substituents is 1. The largest absolute Gasteiger partial charge is 0.508 e. The van der Waals surface area contributed by atoms with E-state index < -0.39 is 28.8 Å². The molecule has 2 unspecified atom stereocenters. The standard InChI is InChI=1S/C10H11NO7/c1-18-10(15)9(14)8(13)6-3-2-5(12)4-7(6)11(16)17/h2-4,8-9,12-14H,1H3. The summed E-state index contributed by atoms with van der Waals surface area (Å²) in [5.41, 5.74) is -0.902. The second kappa shape index (κ2) is 5.43. The Balaban J connectivity index is 3.16. The number of benzene rings is 1. The molecule has 0 saturated heterocycles. The number of rotatable bonds is 4. The van der Waals surface area contributed by atoms with Crippen LogP contribution in [0.1, 0.15) is 11.7 Å². The van der Waals surface area contributed by atoms with Gasteiger partial charge in [0.15, 0.2) is 6.10 Å². The molecule has 0 bridgehead atoms. The monoisotopic (exact) mass is 257 g/mol. The number of aliphatic hydroxyl groups is 2. The summed E-state index contributed by atoms with van der Waals surface area (Å²) in [4.78, 5) is 20.9. The van der Waals surface area contributed by atoms with Crippen LogP contribution in [0.25, 0.3) is 0 Å². The lowest BCUT2D eigenvalue weighted by Gasteiger charge is -2.15. The summed E-state index contributed by atoms with van der Waals surface area (Å²) in [7, 11) is 1.00. The number of aromatic hydroxyl groups is 1. The molecule has 3 N–H and O–H groups in total. The van der Waals surface area contributed by atoms with Crippen molar-refractivity contribution in [2.24, 2.45) is 0 Å². The zero-order valence-corrected chi connectivity index (χ0v) is 9.31. The van der Waals surface area contributed by atoms with E-state index in [1.54, 1.807) is 0 Å². The molecule has 0 aliphatic heterocycles. The van der Waals surface area contributed by atoms with Gasteiger partial charge in [-0.05, 0) is 12.1 Å². The van der Waals surface area contributed by atoms with E-state index >= 15 is 0 Å². The molecule has 18 heavy (non-hydrogen) atoms. The summed E-state index contributed by atoms with van der Waals surface area (Å²) >= 11 is 0. The minimum atomic E-state index is -1.95. The van der Waals surface area contributed by atoms with Gasteiger partial charge in [0.2, 0.25) is 0 Å². The quantitative estimate of drug-likeness (QED) is 0.389. The Morgan fingerprint density at radius 1 is 1.44 bits per heavy atom. The van der Waals surface area contributed by atoms with Crippen LogP contribution < -0.4 is 0 Å². The Bertz CT molecular complexity index is 473. The van der Waals surface area contributed by atoms with E-state index in [1.165, 1.54) is 0 Å². The number of ether oxygens (including phenoxy) is 1. The first-order valence-electron chi connectivity index (χ1n) is 4.79. The maximum atomic E-state index is 11.0. The molecule has 0 heterocycles. The molecule has 0 radical (unpaired) electrons. The summed E-state index contributed by atoms with van der Waals surface area (Å²) < 4.78 is 4.21. The SMILES string of the molecule is COC(=O)C(O)C(O)c1ccc(O)cc1[N+](=O)[O-]. The summed E-state index contributed by atoms with van der Waals surface area (Å²) in [6, 6.07) is 2.95. The molecular formula is C10H11NO7. The molecule has 1 aromatic rings. The van der Waals surface area contributed by atoms with Gasteiger partial charge in [-0.25, -0.2) is 4.79 Å². The molecule has 0 aliphatic carbocycles. The average Bonchev–Trinajstić information content (AvgIpc) is 2.35. The molecule has 8 heteroatoms. The van der Waals surface area contributed by atoms with Crippen LogP contribution in [0, 0.1) is 10.1 Å². The van der Waals surface area contributed by atoms with E-state index in [-0.39, 0.29) is 11.3 Å². The van der Waals surface area contributed by atoms with Gasteiger partial charge in [0.25, 0.3) is 5.69 Å². The summed E-state index contributed by atoms with van der Waals surface area (Å²) in [5, 5.41) is 38.9. The van der Waals surface area contributed by atoms with E-state index in [4.69, 9.17) is 5.11 Å². The molecule has 0 saturated carbocycles. The molecule has 0 amide bonds. The van der Waals surface area contributed by atoms with Gasteiger partial charge in [0, 0.05) is 0 Å². The normalized spacial score (nSPS) is 13.7. The van der Waals surface area contributed by atoms with Crippen molar-refractivity contribution in [3.05, 3.63) is 33.9 Å². The first-order valence-corrected chi connectivity index (χ1v) is 4.79. The lowest BCUT2D eigenvalue weighted by Crippen LogP contribution is -2.29. The fourth-order valence-corrected chi connectivity index (χ4v) is 1.36. The first-order chi connectivity index (χ1) is 8.38. The van der Waals surface area contributed by atoms with E-state index in [0.29, 0.717) is 0 Å². The van der Waals surface area contributed by atoms with E-state index in [0.717, 1.165) is 25.3 Å². The fraction of sp³-hybridized carbons (Fsp3) is 0.300. The number of methoxy groups -OCH3 is 1. The van der Waals surface area contributed by atoms with Gasteiger partial charge < -0.3 is 20.1 Å². The number of carbonyl (C=O) groups excluding carboxylic acids is 1. The average molecular weight is 257 g/mol. The Kier molecular flexibility index (Phi) is 4.18. The van der Waals surface area contributed by atoms with Crippen molar-refractivity contribution in [1.29, 1.82) is 0 Å². The van der Waals surface area contributed by atoms with Crippen molar-refractivity contribution in [3.63, 3.8) is 0 Å². The van der Waals surface area contributed by atoms with Crippen LogP contribution in [0.3, 0.4) is 0 Å². The Hall–Kier alpha value is -2.19. The molecule has 2 atom stereocenters. The molecule has 0 aliphatic rings. The smallest absolute Gasteiger partial charge is 0.337 e. The number of nitro groups is 1. The highest BCUT2D eigenvalue weighted by Gasteiger charge is 2.31. The van der Waals surface area contributed by atoms with E-state index in [1.807, 2.05) is 0 Å². The third-order valence-corrected chi connectivity index (χ3v) is 2.27. The van der Waals surface area contributed by atoms with Crippen LogP contribution in [-0.4, -0.2) is 39.4 Å². The van der Waals surface area contributed by atoms with Gasteiger partial charge in [-0.2, -0.15) is 0 Å². The van der Waals surface area contributed by atoms with Crippen LogP contribution in [0.4, 0.5) is 5.69 Å². The predicted molar refractivity (Wildman–Crippen MR) is 57.7 cm³/mol. The Morgan fingerprint density at radius 3 is 2.56 bits per heavy atom. The Labute approximate surface area is 101 Å². The van der Waals surface area contributed by atoms with Crippen LogP contribution in [-0.2, 0) is 9.53 Å². The maximum Gasteiger partial charge on any atom is 0.337 e. The molecule has 1 rings (SSSR count). The number of nitrogens with zero attached hydrogens (tertiary/aromatic N) is 1. The number of hydrogen-bond donors (Lipinski definition) is 3. The van der Waals surface area contributed by atoms with Gasteiger partial charge in [-0.3, -0.25) is 10.1 Å². The van der Waals surface area contributed by atoms with Crippen LogP contribution in [0.5, 0.6) is 5.75 Å². The lowest BCUT2D eigenvalue weighted by atomic mass is 10.0. The maximum absolute atomic E-state index is 11.0. The van der Waals surface area contributed by atoms with Crippen molar-refractivity contribution in [3.8, 4) is 5.75 Å². The van der Waals surface area contributed by atoms with Gasteiger partial charge >= 0.3 is 5.97 Å². The highest BCUT2D eigenvalue weighted by atomic mass is 16.6. The van der Waals surface area contributed by atoms with Gasteiger partial charge in [-0.15, -0.1) is 0 Å². The molecular weight excluding hydrogens is 246 g/mol. The summed E-state index contributed by atoms with van der Waals surface area (Å²) in [5.74, 6) is -1.49. The third-order valence-electron chi connectivity index (χ3n) is 2.27. The molecule has 8 nitrogen and oxygen atoms in total. The van der Waals surface area contributed by atoms with Gasteiger partial charge in [-0.1, -0.05) is 0 Å². The van der Waals surface area contributed by atoms with Crippen LogP contribution in [0.2, 0.25) is 0 Å². The number of aliphatic hydroxyl groups excluding tert-OH is 2. The van der Waals surface area contributed by atoms with Gasteiger partial charge in [0.1, 0.15) is 11.9 Å². The van der Waals surface area contributed by atoms with Gasteiger partial charge in [0.05, 0.1) is 23.7 Å². The summed E-state index contributed by atoms with van der Waals surface area (Å²) in [6.45, 7) is 0. The lowest BCUT2D eigenvalue weighted by molar-refractivity contribution is -0.386. The molecule has 0 fully saturated rings. The number of hydrogen-bond acceptors (Lipinski definition) is 7. The van der Waals surface area contributed by atoms with E-state index in [2.05, 4.69) is 4.74 Å². The van der Waals surface area contributed by atoms with E-state index in [9.17, 15) is 25.1 Å². The second-order valence-corrected chi connectivity index (χ2v) is 3.41. The highest BCUT2D eigenvalue weighted by molar-refractivity contribution is 5.75. The number of carbonyl (C=O) groups is 1. The minimum Gasteiger partial charge on any atom is -0.508 e. The van der Waals surface area contributed by atoms with Crippen molar-refractivity contribution in [2.45, 2.75) is 12.2 Å². The second-order valence-electron chi connectivity index (χ2n) is 3.41. The molecule has 0 spiro atoms. The third kappa shape index (κ3) is 2.73. The number of phenols is 1. The Morgan fingerprint density at radius 2 is 2.06 bits per heavy atom. The van der Waals surface area contributed by atoms with Crippen molar-refractivity contribution in [1.82, 2.24) is 0 Å². The zero-order valence-electron chi connectivity index (χ0n) is 9.31. The number of esters is 1. The van der Waals surface area contributed by atoms with Crippen LogP contribution >= 0.6 is 0 Å². The minimum absolute atomic E-state index is 0.296. The predicted octanol–water partition coefficient (Wildman–Crippen LogP) is -0.132. The molecule has 98 valence electrons. The van der Waals surface area contributed by atoms with Crippen molar-refractivity contribution < 1.29 is 29.8 Å². The first kappa shape index (κ1) is 13.9. The fourth-order valence-electron chi connectivity index (χ4n) is 1.36. The van der Waals surface area contributed by atoms with Crippen molar-refractivity contribution in [2.75, 3.05) is 7.11 Å². The highest BCUT2D eigenvalue weighted by Crippen LogP contribution is 2.30. The topological polar surface area (TPSA) is 130 Å². The summed E-state index contributed by atoms with van der Waals surface area (Å²) in [6.07, 6.45) is -3.77. The van der Waals surface area contributed by atoms with Crippen molar-refractivity contribution >= 4 is 11.7 Å². The number of nitro benzene ring substituents is 1. The van der Waals surface area contributed by atoms with Crippen LogP contribution in [0.15, 0.2) is 18.2 Å². The molecule has 0 aromatic heterocycles. The molecule has 1 aromatic carbocycles.